The fourth-order valence-corrected chi connectivity index (χ4v) is 12.2. The van der Waals surface area contributed by atoms with Gasteiger partial charge < -0.3 is 33.8 Å². The molecule has 0 aromatic carbocycles. The molecule has 0 aromatic rings. The van der Waals surface area contributed by atoms with Gasteiger partial charge >= 0.3 is 39.5 Å². The first-order valence-electron chi connectivity index (χ1n) is 39.2. The van der Waals surface area contributed by atoms with E-state index in [1.807, 2.05) is 0 Å². The third-order valence-electron chi connectivity index (χ3n) is 16.6. The van der Waals surface area contributed by atoms with Gasteiger partial charge in [0.1, 0.15) is 19.3 Å². The van der Waals surface area contributed by atoms with Crippen molar-refractivity contribution in [1.29, 1.82) is 0 Å². The lowest BCUT2D eigenvalue weighted by Crippen LogP contribution is -2.30. The minimum atomic E-state index is -4.98. The Morgan fingerprint density at radius 2 is 0.531 bits per heavy atom. The number of aliphatic hydroxyl groups excluding tert-OH is 1. The number of hydrogen-bond acceptors (Lipinski definition) is 15. The molecular formula is C79H142O17P2. The Balaban J connectivity index is 5.35. The molecule has 0 saturated carbocycles. The molecule has 0 heterocycles. The molecular weight excluding hydrogens is 1280 g/mol. The molecule has 3 N–H and O–H groups in total. The van der Waals surface area contributed by atoms with Crippen LogP contribution >= 0.6 is 15.6 Å². The number of aliphatic hydroxyl groups is 1. The number of rotatable bonds is 74. The van der Waals surface area contributed by atoms with E-state index in [-0.39, 0.29) is 25.7 Å². The second-order valence-electron chi connectivity index (χ2n) is 26.3. The minimum absolute atomic E-state index is 0.0828. The van der Waals surface area contributed by atoms with Gasteiger partial charge in [-0.2, -0.15) is 0 Å². The summed E-state index contributed by atoms with van der Waals surface area (Å²) in [6, 6.07) is 0. The summed E-state index contributed by atoms with van der Waals surface area (Å²) >= 11 is 0. The van der Waals surface area contributed by atoms with Gasteiger partial charge in [-0.25, -0.2) is 9.13 Å². The first-order valence-corrected chi connectivity index (χ1v) is 42.2. The zero-order valence-corrected chi connectivity index (χ0v) is 64.0. The van der Waals surface area contributed by atoms with Gasteiger partial charge in [-0.15, -0.1) is 0 Å². The molecule has 0 fully saturated rings. The van der Waals surface area contributed by atoms with Crippen molar-refractivity contribution in [3.63, 3.8) is 0 Å². The first kappa shape index (κ1) is 94.5. The Morgan fingerprint density at radius 3 is 0.837 bits per heavy atom. The molecule has 0 spiro atoms. The summed E-state index contributed by atoms with van der Waals surface area (Å²) in [5, 5.41) is 10.6. The molecule has 19 heteroatoms. The maximum absolute atomic E-state index is 13.1. The van der Waals surface area contributed by atoms with Crippen LogP contribution < -0.4 is 0 Å². The van der Waals surface area contributed by atoms with Crippen LogP contribution in [0.15, 0.2) is 72.9 Å². The van der Waals surface area contributed by atoms with E-state index in [4.69, 9.17) is 37.0 Å². The molecule has 5 atom stereocenters. The first-order chi connectivity index (χ1) is 47.7. The van der Waals surface area contributed by atoms with Crippen molar-refractivity contribution in [3.05, 3.63) is 72.9 Å². The highest BCUT2D eigenvalue weighted by molar-refractivity contribution is 7.47. The van der Waals surface area contributed by atoms with Crippen LogP contribution in [0.25, 0.3) is 0 Å². The quantitative estimate of drug-likeness (QED) is 0.0169. The van der Waals surface area contributed by atoms with Crippen LogP contribution in [0, 0.1) is 0 Å². The zero-order chi connectivity index (χ0) is 71.8. The Labute approximate surface area is 596 Å². The van der Waals surface area contributed by atoms with Gasteiger partial charge in [-0.3, -0.25) is 37.3 Å². The number of carbonyl (C=O) groups is 4. The largest absolute Gasteiger partial charge is 0.472 e. The van der Waals surface area contributed by atoms with Crippen LogP contribution in [-0.4, -0.2) is 96.7 Å². The Hall–Kier alpha value is -3.50. The molecule has 0 bridgehead atoms. The molecule has 570 valence electrons. The zero-order valence-electron chi connectivity index (χ0n) is 62.2. The van der Waals surface area contributed by atoms with Crippen LogP contribution in [0.3, 0.4) is 0 Å². The highest BCUT2D eigenvalue weighted by atomic mass is 31.2. The van der Waals surface area contributed by atoms with E-state index in [2.05, 4.69) is 101 Å². The summed E-state index contributed by atoms with van der Waals surface area (Å²) in [5.74, 6) is -2.20. The summed E-state index contributed by atoms with van der Waals surface area (Å²) in [6.45, 7) is 4.74. The summed E-state index contributed by atoms with van der Waals surface area (Å²) in [7, 11) is -9.95. The highest BCUT2D eigenvalue weighted by Gasteiger charge is 2.30. The highest BCUT2D eigenvalue weighted by Crippen LogP contribution is 2.45. The predicted molar refractivity (Wildman–Crippen MR) is 400 cm³/mol. The number of hydrogen-bond donors (Lipinski definition) is 3. The number of carbonyl (C=O) groups excluding carboxylic acids is 4. The number of unbranched alkanes of at least 4 members (excludes halogenated alkanes) is 36. The second kappa shape index (κ2) is 71.9. The van der Waals surface area contributed by atoms with E-state index in [1.54, 1.807) is 0 Å². The molecule has 0 aliphatic heterocycles. The maximum Gasteiger partial charge on any atom is 0.472 e. The smallest absolute Gasteiger partial charge is 0.462 e. The molecule has 0 radical (unpaired) electrons. The summed E-state index contributed by atoms with van der Waals surface area (Å²) in [6.07, 6.45) is 71.7. The lowest BCUT2D eigenvalue weighted by molar-refractivity contribution is -0.161. The lowest BCUT2D eigenvalue weighted by Gasteiger charge is -2.21. The van der Waals surface area contributed by atoms with Crippen molar-refractivity contribution in [2.75, 3.05) is 39.6 Å². The molecule has 98 heavy (non-hydrogen) atoms. The lowest BCUT2D eigenvalue weighted by atomic mass is 10.1. The van der Waals surface area contributed by atoms with E-state index < -0.39 is 97.5 Å². The molecule has 0 aliphatic carbocycles. The Bertz CT molecular complexity index is 2140. The summed E-state index contributed by atoms with van der Waals surface area (Å²) in [4.78, 5) is 72.9. The van der Waals surface area contributed by atoms with Crippen LogP contribution in [-0.2, 0) is 65.4 Å². The van der Waals surface area contributed by atoms with Crippen molar-refractivity contribution >= 4 is 39.5 Å². The van der Waals surface area contributed by atoms with E-state index in [0.29, 0.717) is 25.7 Å². The molecule has 0 aromatic heterocycles. The maximum atomic E-state index is 13.1. The predicted octanol–water partition coefficient (Wildman–Crippen LogP) is 22.4. The van der Waals surface area contributed by atoms with Crippen molar-refractivity contribution in [3.8, 4) is 0 Å². The topological polar surface area (TPSA) is 237 Å². The Morgan fingerprint density at radius 1 is 0.296 bits per heavy atom. The standard InChI is InChI=1S/C79H142O17P2/c1-5-9-13-17-21-25-29-33-36-40-43-47-51-55-59-63-76(81)89-69-74(95-78(83)65-61-57-53-49-45-39-32-28-24-20-16-12-8-4)71-93-97(85,86)91-67-73(80)68-92-98(87,88)94-72-75(96-79(84)66-62-58-54-50-46-42-38-35-31-27-23-19-15-11-7-3)70-90-77(82)64-60-56-52-48-44-41-37-34-30-26-22-18-14-10-6-2/h9,13,21,25,28,32-38,73-75,80H,5-8,10-12,14-20,22-24,26-27,29-31,39-72H2,1-4H3,(H,85,86)(H,87,88)/b13-9-,25-21-,32-28-,36-33-,37-34-,38-35-. The fraction of sp³-hybridized carbons (Fsp3) is 0.797. The normalized spacial score (nSPS) is 14.3. The average molecular weight is 1430 g/mol. The van der Waals surface area contributed by atoms with Crippen LogP contribution in [0.2, 0.25) is 0 Å². The van der Waals surface area contributed by atoms with Crippen LogP contribution in [0.5, 0.6) is 0 Å². The molecule has 17 nitrogen and oxygen atoms in total. The van der Waals surface area contributed by atoms with Crippen LogP contribution in [0.4, 0.5) is 0 Å². The van der Waals surface area contributed by atoms with Crippen LogP contribution in [0.1, 0.15) is 349 Å². The monoisotopic (exact) mass is 1420 g/mol. The van der Waals surface area contributed by atoms with Gasteiger partial charge in [0, 0.05) is 25.7 Å². The summed E-state index contributed by atoms with van der Waals surface area (Å²) in [5.41, 5.74) is 0. The minimum Gasteiger partial charge on any atom is -0.462 e. The number of phosphoric ester groups is 2. The van der Waals surface area contributed by atoms with Gasteiger partial charge in [0.2, 0.25) is 0 Å². The average Bonchev–Trinajstić information content (AvgIpc) is 0.959. The van der Waals surface area contributed by atoms with Gasteiger partial charge in [-0.1, -0.05) is 261 Å². The van der Waals surface area contributed by atoms with Gasteiger partial charge in [0.05, 0.1) is 26.4 Å². The Kier molecular flexibility index (Phi) is 69.3. The number of ether oxygens (including phenoxy) is 4. The van der Waals surface area contributed by atoms with E-state index in [1.165, 1.54) is 103 Å². The van der Waals surface area contributed by atoms with Crippen molar-refractivity contribution < 1.29 is 80.2 Å². The van der Waals surface area contributed by atoms with Crippen molar-refractivity contribution in [1.82, 2.24) is 0 Å². The summed E-state index contributed by atoms with van der Waals surface area (Å²) < 4.78 is 68.5. The molecule has 0 aliphatic rings. The third kappa shape index (κ3) is 70.9. The van der Waals surface area contributed by atoms with E-state index >= 15 is 0 Å². The molecule has 0 rings (SSSR count). The number of allylic oxidation sites excluding steroid dienone is 12. The number of esters is 4. The van der Waals surface area contributed by atoms with Gasteiger partial charge in [0.25, 0.3) is 0 Å². The SMILES string of the molecule is CC/C=C\C/C=C\C/C=C\CCCCCCCC(=O)OCC(COP(=O)(O)OCC(O)COP(=O)(O)OCC(COC(=O)CCCCCCC/C=C\CCCCCCCC)OC(=O)CCCCCCC/C=C\CCCCCCCC)OC(=O)CCCCCCC/C=C\CCCCCC. The fourth-order valence-electron chi connectivity index (χ4n) is 10.6. The van der Waals surface area contributed by atoms with E-state index in [0.717, 1.165) is 167 Å². The van der Waals surface area contributed by atoms with Gasteiger partial charge in [-0.05, 0) is 135 Å². The number of phosphoric acid groups is 2. The van der Waals surface area contributed by atoms with E-state index in [9.17, 15) is 43.2 Å². The molecule has 0 amide bonds. The molecule has 5 unspecified atom stereocenters. The van der Waals surface area contributed by atoms with Gasteiger partial charge in [0.15, 0.2) is 12.2 Å². The molecule has 0 saturated heterocycles. The van der Waals surface area contributed by atoms with Crippen molar-refractivity contribution in [2.45, 2.75) is 367 Å². The van der Waals surface area contributed by atoms with Crippen molar-refractivity contribution in [2.24, 2.45) is 0 Å². The third-order valence-corrected chi connectivity index (χ3v) is 18.5. The second-order valence-corrected chi connectivity index (χ2v) is 29.2.